The van der Waals surface area contributed by atoms with Crippen LogP contribution in [0.2, 0.25) is 0 Å². The van der Waals surface area contributed by atoms with Gasteiger partial charge in [0.05, 0.1) is 18.8 Å². The Hall–Kier alpha value is -1.85. The van der Waals surface area contributed by atoms with Crippen molar-refractivity contribution in [3.63, 3.8) is 0 Å². The normalized spacial score (nSPS) is 26.8. The molecule has 5 nitrogen and oxygen atoms in total. The maximum Gasteiger partial charge on any atom is 0.290 e. The lowest BCUT2D eigenvalue weighted by Crippen LogP contribution is -2.53. The molecule has 2 heterocycles. The molecule has 1 aromatic carbocycles. The molecular weight excluding hydrogens is 306 g/mol. The van der Waals surface area contributed by atoms with E-state index in [2.05, 4.69) is 0 Å². The van der Waals surface area contributed by atoms with Gasteiger partial charge in [-0.3, -0.25) is 4.79 Å². The van der Waals surface area contributed by atoms with Crippen molar-refractivity contribution in [3.05, 3.63) is 35.6 Å². The number of para-hydroxylation sites is 1. The predicted octanol–water partition coefficient (Wildman–Crippen LogP) is 3.15. The van der Waals surface area contributed by atoms with E-state index in [-0.39, 0.29) is 24.2 Å². The van der Waals surface area contributed by atoms with Crippen molar-refractivity contribution in [3.8, 4) is 0 Å². The van der Waals surface area contributed by atoms with Crippen LogP contribution in [0.5, 0.6) is 0 Å². The summed E-state index contributed by atoms with van der Waals surface area (Å²) in [6.45, 7) is 5.78. The van der Waals surface area contributed by atoms with Crippen LogP contribution in [-0.2, 0) is 9.47 Å². The third kappa shape index (κ3) is 2.43. The van der Waals surface area contributed by atoms with Gasteiger partial charge in [-0.05, 0) is 32.8 Å². The van der Waals surface area contributed by atoms with E-state index in [1.54, 1.807) is 0 Å². The number of amides is 1. The van der Waals surface area contributed by atoms with E-state index in [0.717, 1.165) is 29.4 Å². The molecule has 3 atom stereocenters. The number of furan rings is 1. The van der Waals surface area contributed by atoms with Crippen molar-refractivity contribution >= 4 is 16.9 Å². The van der Waals surface area contributed by atoms with Crippen molar-refractivity contribution in [2.75, 3.05) is 19.8 Å². The molecule has 0 unspecified atom stereocenters. The Bertz CT molecular complexity index is 753. The highest BCUT2D eigenvalue weighted by Crippen LogP contribution is 2.34. The number of ether oxygens (including phenoxy) is 2. The number of carbonyl (C=O) groups excluding carboxylic acids is 1. The Kier molecular flexibility index (Phi) is 4.06. The predicted molar refractivity (Wildman–Crippen MR) is 90.2 cm³/mol. The summed E-state index contributed by atoms with van der Waals surface area (Å²) in [6.07, 6.45) is 1.92. The van der Waals surface area contributed by atoms with E-state index in [1.807, 2.05) is 43.0 Å². The van der Waals surface area contributed by atoms with Crippen LogP contribution in [0.1, 0.15) is 35.9 Å². The first-order valence-electron chi connectivity index (χ1n) is 8.73. The Morgan fingerprint density at radius 1 is 1.33 bits per heavy atom. The Labute approximate surface area is 141 Å². The molecule has 128 valence electrons. The topological polar surface area (TPSA) is 51.9 Å². The third-order valence-electron chi connectivity index (χ3n) is 5.21. The molecule has 24 heavy (non-hydrogen) atoms. The fourth-order valence-corrected chi connectivity index (χ4v) is 4.07. The molecule has 5 heteroatoms. The summed E-state index contributed by atoms with van der Waals surface area (Å²) >= 11 is 0. The van der Waals surface area contributed by atoms with Crippen molar-refractivity contribution in [1.82, 2.24) is 4.90 Å². The molecule has 2 aromatic rings. The minimum absolute atomic E-state index is 0.0210. The third-order valence-corrected chi connectivity index (χ3v) is 5.21. The molecule has 1 aliphatic heterocycles. The summed E-state index contributed by atoms with van der Waals surface area (Å²) in [6, 6.07) is 7.87. The van der Waals surface area contributed by atoms with E-state index in [4.69, 9.17) is 13.9 Å². The number of carbonyl (C=O) groups is 1. The van der Waals surface area contributed by atoms with Gasteiger partial charge in [-0.15, -0.1) is 0 Å². The first-order valence-corrected chi connectivity index (χ1v) is 8.73. The molecular formula is C19H23NO4. The zero-order valence-electron chi connectivity index (χ0n) is 14.2. The summed E-state index contributed by atoms with van der Waals surface area (Å²) in [4.78, 5) is 15.1. The molecule has 1 aliphatic carbocycles. The van der Waals surface area contributed by atoms with Gasteiger partial charge in [0, 0.05) is 24.1 Å². The van der Waals surface area contributed by atoms with Gasteiger partial charge in [-0.1, -0.05) is 18.2 Å². The molecule has 4 rings (SSSR count). The summed E-state index contributed by atoms with van der Waals surface area (Å²) in [5.74, 6) is 0.427. The Morgan fingerprint density at radius 3 is 2.96 bits per heavy atom. The number of hydrogen-bond donors (Lipinski definition) is 0. The highest BCUT2D eigenvalue weighted by molar-refractivity contribution is 5.99. The van der Waals surface area contributed by atoms with Crippen molar-refractivity contribution < 1.29 is 18.7 Å². The fourth-order valence-electron chi connectivity index (χ4n) is 4.07. The second-order valence-electron chi connectivity index (χ2n) is 6.52. The Balaban J connectivity index is 1.62. The zero-order valence-corrected chi connectivity index (χ0v) is 14.2. The standard InChI is InChI=1S/C19H23NO4/c1-3-22-16-9-8-14-18(16)23-11-10-20(14)19(21)17-12(2)13-6-4-5-7-15(13)24-17/h4-7,14,16,18H,3,8-11H2,1-2H3/t14-,16-,18+/m0/s1. The summed E-state index contributed by atoms with van der Waals surface area (Å²) in [5.41, 5.74) is 1.68. The second-order valence-corrected chi connectivity index (χ2v) is 6.52. The molecule has 1 amide bonds. The van der Waals surface area contributed by atoms with E-state index in [0.29, 0.717) is 25.5 Å². The molecule has 0 radical (unpaired) electrons. The van der Waals surface area contributed by atoms with Crippen LogP contribution in [0.15, 0.2) is 28.7 Å². The number of benzene rings is 1. The van der Waals surface area contributed by atoms with Crippen molar-refractivity contribution in [2.45, 2.75) is 44.9 Å². The van der Waals surface area contributed by atoms with Crippen LogP contribution in [-0.4, -0.2) is 48.8 Å². The lowest BCUT2D eigenvalue weighted by atomic mass is 10.1. The molecule has 0 bridgehead atoms. The van der Waals surface area contributed by atoms with Gasteiger partial charge < -0.3 is 18.8 Å². The molecule has 2 fully saturated rings. The van der Waals surface area contributed by atoms with Gasteiger partial charge in [0.25, 0.3) is 5.91 Å². The van der Waals surface area contributed by atoms with Gasteiger partial charge in [-0.2, -0.15) is 0 Å². The average molecular weight is 329 g/mol. The highest BCUT2D eigenvalue weighted by atomic mass is 16.5. The SMILES string of the molecule is CCO[C@H]1CC[C@H]2[C@H]1OCCN2C(=O)c1oc2ccccc2c1C. The smallest absolute Gasteiger partial charge is 0.290 e. The van der Waals surface area contributed by atoms with Crippen molar-refractivity contribution in [1.29, 1.82) is 0 Å². The minimum atomic E-state index is -0.0286. The van der Waals surface area contributed by atoms with Crippen LogP contribution in [0.3, 0.4) is 0 Å². The molecule has 0 spiro atoms. The summed E-state index contributed by atoms with van der Waals surface area (Å²) < 4.78 is 17.6. The van der Waals surface area contributed by atoms with Gasteiger partial charge in [0.2, 0.25) is 0 Å². The van der Waals surface area contributed by atoms with Crippen LogP contribution >= 0.6 is 0 Å². The van der Waals surface area contributed by atoms with E-state index < -0.39 is 0 Å². The number of hydrogen-bond acceptors (Lipinski definition) is 4. The summed E-state index contributed by atoms with van der Waals surface area (Å²) in [7, 11) is 0. The van der Waals surface area contributed by atoms with Gasteiger partial charge >= 0.3 is 0 Å². The summed E-state index contributed by atoms with van der Waals surface area (Å²) in [5, 5.41) is 1.00. The van der Waals surface area contributed by atoms with Crippen LogP contribution < -0.4 is 0 Å². The largest absolute Gasteiger partial charge is 0.451 e. The quantitative estimate of drug-likeness (QED) is 0.868. The molecule has 2 aliphatic rings. The van der Waals surface area contributed by atoms with Gasteiger partial charge in [0.1, 0.15) is 11.7 Å². The van der Waals surface area contributed by atoms with Gasteiger partial charge in [-0.25, -0.2) is 0 Å². The van der Waals surface area contributed by atoms with Gasteiger partial charge in [0.15, 0.2) is 5.76 Å². The second kappa shape index (κ2) is 6.22. The Morgan fingerprint density at radius 2 is 2.17 bits per heavy atom. The number of fused-ring (bicyclic) bond motifs is 2. The maximum absolute atomic E-state index is 13.1. The molecule has 0 N–H and O–H groups in total. The molecule has 1 saturated carbocycles. The van der Waals surface area contributed by atoms with Crippen LogP contribution in [0, 0.1) is 6.92 Å². The van der Waals surface area contributed by atoms with E-state index in [9.17, 15) is 4.79 Å². The van der Waals surface area contributed by atoms with Crippen molar-refractivity contribution in [2.24, 2.45) is 0 Å². The minimum Gasteiger partial charge on any atom is -0.451 e. The van der Waals surface area contributed by atoms with Crippen LogP contribution in [0.25, 0.3) is 11.0 Å². The monoisotopic (exact) mass is 329 g/mol. The molecule has 1 saturated heterocycles. The first kappa shape index (κ1) is 15.7. The average Bonchev–Trinajstić information content (AvgIpc) is 3.17. The number of nitrogens with zero attached hydrogens (tertiary/aromatic N) is 1. The number of rotatable bonds is 3. The van der Waals surface area contributed by atoms with Crippen LogP contribution in [0.4, 0.5) is 0 Å². The number of morpholine rings is 1. The highest BCUT2D eigenvalue weighted by Gasteiger charge is 2.45. The molecule has 1 aromatic heterocycles. The number of aryl methyl sites for hydroxylation is 1. The first-order chi connectivity index (χ1) is 11.7. The lowest BCUT2D eigenvalue weighted by molar-refractivity contribution is -0.103. The zero-order chi connectivity index (χ0) is 16.7. The van der Waals surface area contributed by atoms with E-state index >= 15 is 0 Å². The van der Waals surface area contributed by atoms with E-state index in [1.165, 1.54) is 0 Å². The lowest BCUT2D eigenvalue weighted by Gasteiger charge is -2.38. The fraction of sp³-hybridized carbons (Fsp3) is 0.526. The maximum atomic E-state index is 13.1.